The van der Waals surface area contributed by atoms with Gasteiger partial charge in [-0.05, 0) is 51.3 Å². The maximum Gasteiger partial charge on any atom is 0.137 e. The first-order valence-corrected chi connectivity index (χ1v) is 11.9. The van der Waals surface area contributed by atoms with Gasteiger partial charge >= 0.3 is 0 Å². The van der Waals surface area contributed by atoms with Crippen molar-refractivity contribution in [2.24, 2.45) is 0 Å². The van der Waals surface area contributed by atoms with Crippen LogP contribution in [-0.2, 0) is 19.5 Å². The molecule has 1 aromatic carbocycles. The Morgan fingerprint density at radius 3 is 2.43 bits per heavy atom. The lowest BCUT2D eigenvalue weighted by Gasteiger charge is -2.41. The molecule has 2 saturated heterocycles. The molecule has 2 aromatic rings. The van der Waals surface area contributed by atoms with E-state index in [9.17, 15) is 0 Å². The molecule has 0 unspecified atom stereocenters. The zero-order valence-electron chi connectivity index (χ0n) is 18.4. The van der Waals surface area contributed by atoms with E-state index in [0.717, 1.165) is 51.0 Å². The van der Waals surface area contributed by atoms with E-state index in [4.69, 9.17) is 9.97 Å². The van der Waals surface area contributed by atoms with Crippen molar-refractivity contribution < 1.29 is 0 Å². The van der Waals surface area contributed by atoms with Gasteiger partial charge in [0, 0.05) is 50.7 Å². The molecule has 5 nitrogen and oxygen atoms in total. The van der Waals surface area contributed by atoms with Gasteiger partial charge in [-0.3, -0.25) is 4.90 Å². The molecule has 3 aliphatic heterocycles. The Labute approximate surface area is 181 Å². The summed E-state index contributed by atoms with van der Waals surface area (Å²) in [7, 11) is 0. The summed E-state index contributed by atoms with van der Waals surface area (Å²) in [6.45, 7) is 9.97. The van der Waals surface area contributed by atoms with Gasteiger partial charge in [-0.1, -0.05) is 36.8 Å². The monoisotopic (exact) mass is 405 g/mol. The Hall–Kier alpha value is -1.98. The number of hydrogen-bond acceptors (Lipinski definition) is 5. The fourth-order valence-corrected chi connectivity index (χ4v) is 5.54. The number of aryl methyl sites for hydroxylation is 1. The topological polar surface area (TPSA) is 35.5 Å². The standard InChI is InChI=1S/C25H35N5/c1-20-26-24-12-15-28(18-21-8-4-2-5-9-21)19-23(24)25(27-20)30-16-10-22(11-17-30)29-13-6-3-7-14-29/h2,4-5,8-9,22H,3,6-7,10-19H2,1H3. The summed E-state index contributed by atoms with van der Waals surface area (Å²) < 4.78 is 0. The highest BCUT2D eigenvalue weighted by Crippen LogP contribution is 2.30. The molecule has 0 bridgehead atoms. The Morgan fingerprint density at radius 1 is 0.900 bits per heavy atom. The van der Waals surface area contributed by atoms with E-state index in [1.54, 1.807) is 0 Å². The van der Waals surface area contributed by atoms with Gasteiger partial charge in [0.2, 0.25) is 0 Å². The summed E-state index contributed by atoms with van der Waals surface area (Å²) in [6.07, 6.45) is 7.76. The van der Waals surface area contributed by atoms with Crippen LogP contribution in [0.4, 0.5) is 5.82 Å². The lowest BCUT2D eigenvalue weighted by Crippen LogP contribution is -2.47. The first kappa shape index (κ1) is 20.0. The molecule has 2 fully saturated rings. The minimum Gasteiger partial charge on any atom is -0.356 e. The van der Waals surface area contributed by atoms with Crippen molar-refractivity contribution in [3.63, 3.8) is 0 Å². The highest BCUT2D eigenvalue weighted by atomic mass is 15.2. The van der Waals surface area contributed by atoms with E-state index in [-0.39, 0.29) is 0 Å². The minimum atomic E-state index is 0.773. The quantitative estimate of drug-likeness (QED) is 0.773. The second-order valence-corrected chi connectivity index (χ2v) is 9.28. The molecule has 1 aromatic heterocycles. The fraction of sp³-hybridized carbons (Fsp3) is 0.600. The predicted octanol–water partition coefficient (Wildman–Crippen LogP) is 3.80. The van der Waals surface area contributed by atoms with Crippen molar-refractivity contribution >= 4 is 5.82 Å². The molecule has 30 heavy (non-hydrogen) atoms. The van der Waals surface area contributed by atoms with Gasteiger partial charge in [-0.2, -0.15) is 0 Å². The molecule has 0 spiro atoms. The third-order valence-corrected chi connectivity index (χ3v) is 7.15. The summed E-state index contributed by atoms with van der Waals surface area (Å²) in [5.41, 5.74) is 4.04. The Kier molecular flexibility index (Phi) is 6.00. The van der Waals surface area contributed by atoms with Gasteiger partial charge in [-0.25, -0.2) is 9.97 Å². The van der Waals surface area contributed by atoms with Gasteiger partial charge in [0.05, 0.1) is 5.69 Å². The predicted molar refractivity (Wildman–Crippen MR) is 122 cm³/mol. The largest absolute Gasteiger partial charge is 0.356 e. The number of piperidine rings is 2. The van der Waals surface area contributed by atoms with Crippen LogP contribution in [0.15, 0.2) is 30.3 Å². The van der Waals surface area contributed by atoms with Gasteiger partial charge in [0.15, 0.2) is 0 Å². The van der Waals surface area contributed by atoms with E-state index in [2.05, 4.69) is 52.0 Å². The molecule has 5 heteroatoms. The second kappa shape index (κ2) is 9.03. The number of fused-ring (bicyclic) bond motifs is 1. The molecular formula is C25H35N5. The molecule has 0 atom stereocenters. The van der Waals surface area contributed by atoms with Crippen molar-refractivity contribution in [1.29, 1.82) is 0 Å². The molecule has 5 rings (SSSR count). The molecule has 3 aliphatic rings. The molecule has 0 saturated carbocycles. The number of likely N-dealkylation sites (tertiary alicyclic amines) is 1. The van der Waals surface area contributed by atoms with Crippen LogP contribution in [0.1, 0.15) is 54.7 Å². The zero-order chi connectivity index (χ0) is 20.3. The fourth-order valence-electron chi connectivity index (χ4n) is 5.54. The van der Waals surface area contributed by atoms with Crippen molar-refractivity contribution in [2.45, 2.75) is 64.6 Å². The SMILES string of the molecule is Cc1nc2c(c(N3CCC(N4CCCCC4)CC3)n1)CN(Cc1ccccc1)CC2. The van der Waals surface area contributed by atoms with E-state index >= 15 is 0 Å². The van der Waals surface area contributed by atoms with Crippen LogP contribution in [-0.4, -0.2) is 58.5 Å². The van der Waals surface area contributed by atoms with Crippen molar-refractivity contribution in [2.75, 3.05) is 37.6 Å². The first-order valence-electron chi connectivity index (χ1n) is 11.9. The average molecular weight is 406 g/mol. The van der Waals surface area contributed by atoms with Crippen LogP contribution < -0.4 is 4.90 Å². The molecular weight excluding hydrogens is 370 g/mol. The van der Waals surface area contributed by atoms with Gasteiger partial charge in [0.1, 0.15) is 11.6 Å². The first-order chi connectivity index (χ1) is 14.8. The van der Waals surface area contributed by atoms with Crippen LogP contribution in [0.3, 0.4) is 0 Å². The Morgan fingerprint density at radius 2 is 1.67 bits per heavy atom. The molecule has 4 heterocycles. The lowest BCUT2D eigenvalue weighted by molar-refractivity contribution is 0.141. The molecule has 160 valence electrons. The van der Waals surface area contributed by atoms with Gasteiger partial charge in [-0.15, -0.1) is 0 Å². The highest BCUT2D eigenvalue weighted by molar-refractivity contribution is 5.50. The average Bonchev–Trinajstić information content (AvgIpc) is 2.80. The van der Waals surface area contributed by atoms with Crippen LogP contribution in [0, 0.1) is 6.92 Å². The van der Waals surface area contributed by atoms with Gasteiger partial charge < -0.3 is 9.80 Å². The number of rotatable bonds is 4. The van der Waals surface area contributed by atoms with E-state index < -0.39 is 0 Å². The normalized spacial score (nSPS) is 21.6. The lowest BCUT2D eigenvalue weighted by atomic mass is 9.98. The highest BCUT2D eigenvalue weighted by Gasteiger charge is 2.29. The zero-order valence-corrected chi connectivity index (χ0v) is 18.4. The van der Waals surface area contributed by atoms with Crippen molar-refractivity contribution in [3.8, 4) is 0 Å². The smallest absolute Gasteiger partial charge is 0.137 e. The van der Waals surface area contributed by atoms with Crippen LogP contribution in [0.5, 0.6) is 0 Å². The van der Waals surface area contributed by atoms with Crippen molar-refractivity contribution in [1.82, 2.24) is 19.8 Å². The third kappa shape index (κ3) is 4.37. The van der Waals surface area contributed by atoms with Gasteiger partial charge in [0.25, 0.3) is 0 Å². The van der Waals surface area contributed by atoms with E-state index in [0.29, 0.717) is 0 Å². The molecule has 0 aliphatic carbocycles. The van der Waals surface area contributed by atoms with Crippen LogP contribution in [0.2, 0.25) is 0 Å². The second-order valence-electron chi connectivity index (χ2n) is 9.28. The summed E-state index contributed by atoms with van der Waals surface area (Å²) in [5.74, 6) is 2.14. The number of benzene rings is 1. The molecule has 0 amide bonds. The van der Waals surface area contributed by atoms with Crippen LogP contribution in [0.25, 0.3) is 0 Å². The number of hydrogen-bond donors (Lipinski definition) is 0. The van der Waals surface area contributed by atoms with E-state index in [1.807, 2.05) is 0 Å². The number of anilines is 1. The van der Waals surface area contributed by atoms with Crippen LogP contribution >= 0.6 is 0 Å². The third-order valence-electron chi connectivity index (χ3n) is 7.15. The number of aromatic nitrogens is 2. The summed E-state index contributed by atoms with van der Waals surface area (Å²) >= 11 is 0. The van der Waals surface area contributed by atoms with Crippen molar-refractivity contribution in [3.05, 3.63) is 53.0 Å². The maximum atomic E-state index is 4.96. The Bertz CT molecular complexity index is 838. The molecule has 0 N–H and O–H groups in total. The van der Waals surface area contributed by atoms with E-state index in [1.165, 1.54) is 67.8 Å². The summed E-state index contributed by atoms with van der Waals surface area (Å²) in [5, 5.41) is 0. The summed E-state index contributed by atoms with van der Waals surface area (Å²) in [6, 6.07) is 11.6. The summed E-state index contributed by atoms with van der Waals surface area (Å²) in [4.78, 5) is 17.7. The maximum absolute atomic E-state index is 4.96. The molecule has 0 radical (unpaired) electrons. The number of nitrogens with zero attached hydrogens (tertiary/aromatic N) is 5. The Balaban J connectivity index is 1.30. The minimum absolute atomic E-state index is 0.773.